The lowest BCUT2D eigenvalue weighted by molar-refractivity contribution is -0.137. The van der Waals surface area contributed by atoms with Gasteiger partial charge in [0.25, 0.3) is 0 Å². The van der Waals surface area contributed by atoms with Crippen LogP contribution in [0.15, 0.2) is 53.4 Å². The summed E-state index contributed by atoms with van der Waals surface area (Å²) in [7, 11) is -4.27. The number of hydrogen-bond acceptors (Lipinski definition) is 4. The number of nitrogens with zero attached hydrogens (tertiary/aromatic N) is 1. The monoisotopic (exact) mass is 457 g/mol. The topological polar surface area (TPSA) is 78.5 Å². The summed E-state index contributed by atoms with van der Waals surface area (Å²) in [5.74, 6) is -0.590. The molecule has 0 unspecified atom stereocenters. The molecular weight excluding hydrogens is 431 g/mol. The first-order chi connectivity index (χ1) is 14.6. The maximum Gasteiger partial charge on any atom is 0.416 e. The quantitative estimate of drug-likeness (QED) is 0.575. The van der Waals surface area contributed by atoms with Crippen LogP contribution in [0.25, 0.3) is 0 Å². The summed E-state index contributed by atoms with van der Waals surface area (Å²) < 4.78 is 65.0. The van der Waals surface area contributed by atoms with Crippen LogP contribution >= 0.6 is 0 Å². The number of benzene rings is 2. The van der Waals surface area contributed by atoms with E-state index in [4.69, 9.17) is 0 Å². The minimum Gasteiger partial charge on any atom is -0.351 e. The van der Waals surface area contributed by atoms with Crippen LogP contribution in [0.1, 0.15) is 30.5 Å². The Hall–Kier alpha value is -2.43. The van der Waals surface area contributed by atoms with E-state index in [1.807, 2.05) is 29.0 Å². The van der Waals surface area contributed by atoms with Crippen LogP contribution in [-0.4, -0.2) is 38.9 Å². The summed E-state index contributed by atoms with van der Waals surface area (Å²) in [4.78, 5) is 13.8. The minimum absolute atomic E-state index is 0.210. The molecule has 0 spiro atoms. The summed E-state index contributed by atoms with van der Waals surface area (Å²) in [6, 6.07) is 11.0. The number of hydrogen-bond donors (Lipinski definition) is 2. The van der Waals surface area contributed by atoms with Gasteiger partial charge in [-0.15, -0.1) is 0 Å². The van der Waals surface area contributed by atoms with Crippen molar-refractivity contribution in [3.63, 3.8) is 0 Å². The molecule has 10 heteroatoms. The molecule has 170 valence electrons. The fraction of sp³-hybridized carbons (Fsp3) is 0.381. The third-order valence-electron chi connectivity index (χ3n) is 4.78. The molecule has 0 bridgehead atoms. The predicted octanol–water partition coefficient (Wildman–Crippen LogP) is 3.14. The second-order valence-electron chi connectivity index (χ2n) is 6.86. The van der Waals surface area contributed by atoms with Crippen LogP contribution in [0.5, 0.6) is 0 Å². The summed E-state index contributed by atoms with van der Waals surface area (Å²) in [6.45, 7) is 6.23. The minimum atomic E-state index is -4.67. The van der Waals surface area contributed by atoms with Gasteiger partial charge in [0.05, 0.1) is 17.0 Å². The number of alkyl halides is 3. The van der Waals surface area contributed by atoms with Crippen molar-refractivity contribution < 1.29 is 26.4 Å². The predicted molar refractivity (Wildman–Crippen MR) is 112 cm³/mol. The molecule has 31 heavy (non-hydrogen) atoms. The lowest BCUT2D eigenvalue weighted by atomic mass is 10.1. The highest BCUT2D eigenvalue weighted by Crippen LogP contribution is 2.30. The molecule has 2 aromatic rings. The summed E-state index contributed by atoms with van der Waals surface area (Å²) in [5.41, 5.74) is 0.879. The lowest BCUT2D eigenvalue weighted by Gasteiger charge is -2.20. The van der Waals surface area contributed by atoms with E-state index >= 15 is 0 Å². The van der Waals surface area contributed by atoms with Crippen molar-refractivity contribution in [2.24, 2.45) is 0 Å². The lowest BCUT2D eigenvalue weighted by Crippen LogP contribution is -2.37. The largest absolute Gasteiger partial charge is 0.416 e. The van der Waals surface area contributed by atoms with Crippen LogP contribution in [0.3, 0.4) is 0 Å². The molecule has 0 fully saturated rings. The Morgan fingerprint density at radius 2 is 1.65 bits per heavy atom. The second kappa shape index (κ2) is 10.7. The van der Waals surface area contributed by atoms with Gasteiger partial charge >= 0.3 is 6.18 Å². The Morgan fingerprint density at radius 3 is 2.26 bits per heavy atom. The fourth-order valence-electron chi connectivity index (χ4n) is 2.91. The zero-order chi connectivity index (χ0) is 23.1. The second-order valence-corrected chi connectivity index (χ2v) is 8.62. The van der Waals surface area contributed by atoms with Gasteiger partial charge in [-0.2, -0.15) is 13.2 Å². The third-order valence-corrected chi connectivity index (χ3v) is 6.18. The Kier molecular flexibility index (Phi) is 8.60. The van der Waals surface area contributed by atoms with Crippen molar-refractivity contribution >= 4 is 15.9 Å². The van der Waals surface area contributed by atoms with Gasteiger partial charge in [-0.25, -0.2) is 13.1 Å². The average molecular weight is 458 g/mol. The first kappa shape index (κ1) is 24.8. The van der Waals surface area contributed by atoms with E-state index in [9.17, 15) is 26.4 Å². The van der Waals surface area contributed by atoms with Gasteiger partial charge in [-0.05, 0) is 42.4 Å². The molecule has 2 rings (SSSR count). The smallest absolute Gasteiger partial charge is 0.351 e. The molecule has 0 aromatic heterocycles. The molecule has 1 amide bonds. The van der Waals surface area contributed by atoms with Crippen molar-refractivity contribution in [2.75, 3.05) is 19.6 Å². The van der Waals surface area contributed by atoms with Crippen molar-refractivity contribution in [2.45, 2.75) is 38.0 Å². The Balaban J connectivity index is 1.97. The molecular formula is C21H26F3N3O3S. The van der Waals surface area contributed by atoms with E-state index in [1.165, 1.54) is 0 Å². The number of nitrogens with one attached hydrogen (secondary N) is 2. The first-order valence-electron chi connectivity index (χ1n) is 9.79. The fourth-order valence-corrected chi connectivity index (χ4v) is 3.94. The maximum absolute atomic E-state index is 12.8. The first-order valence-corrected chi connectivity index (χ1v) is 11.3. The zero-order valence-corrected chi connectivity index (χ0v) is 18.2. The number of carbonyl (C=O) groups is 1. The normalized spacial score (nSPS) is 12.2. The average Bonchev–Trinajstić information content (AvgIpc) is 2.74. The number of carbonyl (C=O) groups excluding carboxylic acids is 1. The van der Waals surface area contributed by atoms with Gasteiger partial charge in [0.2, 0.25) is 15.9 Å². The van der Waals surface area contributed by atoms with Crippen LogP contribution in [0, 0.1) is 0 Å². The number of rotatable bonds is 10. The van der Waals surface area contributed by atoms with E-state index in [2.05, 4.69) is 24.1 Å². The molecule has 0 aliphatic rings. The van der Waals surface area contributed by atoms with Crippen molar-refractivity contribution in [1.82, 2.24) is 14.9 Å². The van der Waals surface area contributed by atoms with Gasteiger partial charge in [-0.3, -0.25) is 9.69 Å². The molecule has 0 heterocycles. The Bertz CT molecular complexity index is 991. The highest BCUT2D eigenvalue weighted by Gasteiger charge is 2.31. The van der Waals surface area contributed by atoms with Crippen LogP contribution in [-0.2, 0) is 34.1 Å². The van der Waals surface area contributed by atoms with Crippen molar-refractivity contribution in [1.29, 1.82) is 0 Å². The number of sulfonamides is 1. The van der Waals surface area contributed by atoms with Gasteiger partial charge in [0, 0.05) is 13.1 Å². The Labute approximate surface area is 180 Å². The SMILES string of the molecule is CCN(CC)Cc1ccccc1CNC(=O)CNS(=O)(=O)c1cccc(C(F)(F)F)c1. The van der Waals surface area contributed by atoms with E-state index in [0.717, 1.165) is 49.0 Å². The van der Waals surface area contributed by atoms with Crippen molar-refractivity contribution in [3.8, 4) is 0 Å². The standard InChI is InChI=1S/C21H26F3N3O3S/c1-3-27(4-2)15-17-9-6-5-8-16(17)13-25-20(28)14-26-31(29,30)19-11-7-10-18(12-19)21(22,23)24/h5-12,26H,3-4,13-15H2,1-2H3,(H,25,28). The highest BCUT2D eigenvalue weighted by atomic mass is 32.2. The molecule has 6 nitrogen and oxygen atoms in total. The molecule has 0 aliphatic heterocycles. The van der Waals surface area contributed by atoms with E-state index < -0.39 is 39.1 Å². The van der Waals surface area contributed by atoms with E-state index in [1.54, 1.807) is 0 Å². The molecule has 2 aromatic carbocycles. The summed E-state index contributed by atoms with van der Waals surface area (Å²) in [5, 5.41) is 2.64. The van der Waals surface area contributed by atoms with Gasteiger partial charge in [0.1, 0.15) is 0 Å². The van der Waals surface area contributed by atoms with Crippen molar-refractivity contribution in [3.05, 3.63) is 65.2 Å². The van der Waals surface area contributed by atoms with Crippen LogP contribution in [0.4, 0.5) is 13.2 Å². The zero-order valence-electron chi connectivity index (χ0n) is 17.4. The maximum atomic E-state index is 12.8. The number of amides is 1. The third kappa shape index (κ3) is 7.34. The van der Waals surface area contributed by atoms with Gasteiger partial charge in [0.15, 0.2) is 0 Å². The van der Waals surface area contributed by atoms with E-state index in [-0.39, 0.29) is 6.54 Å². The molecule has 0 saturated heterocycles. The molecule has 0 radical (unpaired) electrons. The molecule has 2 N–H and O–H groups in total. The van der Waals surface area contributed by atoms with Gasteiger partial charge in [-0.1, -0.05) is 44.2 Å². The van der Waals surface area contributed by atoms with Crippen LogP contribution < -0.4 is 10.0 Å². The van der Waals surface area contributed by atoms with Crippen LogP contribution in [0.2, 0.25) is 0 Å². The molecule has 0 saturated carbocycles. The highest BCUT2D eigenvalue weighted by molar-refractivity contribution is 7.89. The number of halogens is 3. The van der Waals surface area contributed by atoms with Gasteiger partial charge < -0.3 is 5.32 Å². The van der Waals surface area contributed by atoms with E-state index in [0.29, 0.717) is 6.07 Å². The summed E-state index contributed by atoms with van der Waals surface area (Å²) in [6.07, 6.45) is -4.67. The Morgan fingerprint density at radius 1 is 1.00 bits per heavy atom. The molecule has 0 atom stereocenters. The molecule has 0 aliphatic carbocycles. The summed E-state index contributed by atoms with van der Waals surface area (Å²) >= 11 is 0.